The summed E-state index contributed by atoms with van der Waals surface area (Å²) in [5.41, 5.74) is -0.0542. The summed E-state index contributed by atoms with van der Waals surface area (Å²) in [7, 11) is 0. The molecule has 1 saturated carbocycles. The van der Waals surface area contributed by atoms with Crippen molar-refractivity contribution in [3.05, 3.63) is 35.4 Å². The maximum absolute atomic E-state index is 13.2. The molecular formula is C15H20F2O. The van der Waals surface area contributed by atoms with E-state index in [0.717, 1.165) is 12.5 Å². The van der Waals surface area contributed by atoms with Gasteiger partial charge in [0.2, 0.25) is 0 Å². The Balaban J connectivity index is 2.20. The van der Waals surface area contributed by atoms with Gasteiger partial charge in [0.05, 0.1) is 5.60 Å². The number of halogens is 2. The van der Waals surface area contributed by atoms with E-state index in [2.05, 4.69) is 13.8 Å². The fraction of sp³-hybridized carbons (Fsp3) is 0.600. The van der Waals surface area contributed by atoms with Crippen molar-refractivity contribution in [3.63, 3.8) is 0 Å². The molecule has 2 rings (SSSR count). The minimum atomic E-state index is -0.846. The van der Waals surface area contributed by atoms with Crippen LogP contribution in [-0.2, 0) is 6.42 Å². The molecule has 1 aromatic rings. The van der Waals surface area contributed by atoms with E-state index in [-0.39, 0.29) is 11.3 Å². The molecule has 1 aromatic carbocycles. The Labute approximate surface area is 107 Å². The second kappa shape index (κ2) is 4.30. The minimum absolute atomic E-state index is 0.104. The predicted molar refractivity (Wildman–Crippen MR) is 67.2 cm³/mol. The molecule has 1 aliphatic carbocycles. The zero-order chi connectivity index (χ0) is 13.6. The largest absolute Gasteiger partial charge is 0.389 e. The van der Waals surface area contributed by atoms with Gasteiger partial charge in [-0.1, -0.05) is 26.8 Å². The SMILES string of the molecule is CC1CC(C)(C)CC1(O)Cc1ccc(F)c(F)c1. The number of aliphatic hydroxyl groups is 1. The molecule has 2 unspecified atom stereocenters. The number of rotatable bonds is 2. The van der Waals surface area contributed by atoms with E-state index in [4.69, 9.17) is 0 Å². The summed E-state index contributed by atoms with van der Waals surface area (Å²) in [4.78, 5) is 0. The van der Waals surface area contributed by atoms with Crippen molar-refractivity contribution >= 4 is 0 Å². The summed E-state index contributed by atoms with van der Waals surface area (Å²) in [5, 5.41) is 10.7. The Morgan fingerprint density at radius 2 is 1.94 bits per heavy atom. The number of hydrogen-bond donors (Lipinski definition) is 1. The highest BCUT2D eigenvalue weighted by Crippen LogP contribution is 2.48. The average molecular weight is 254 g/mol. The first kappa shape index (κ1) is 13.5. The van der Waals surface area contributed by atoms with Crippen molar-refractivity contribution in [2.75, 3.05) is 0 Å². The topological polar surface area (TPSA) is 20.2 Å². The Morgan fingerprint density at radius 3 is 2.44 bits per heavy atom. The van der Waals surface area contributed by atoms with Crippen LogP contribution in [0.5, 0.6) is 0 Å². The second-order valence-electron chi connectivity index (χ2n) is 6.47. The normalized spacial score (nSPS) is 30.7. The zero-order valence-electron chi connectivity index (χ0n) is 11.1. The first-order valence-electron chi connectivity index (χ1n) is 6.38. The van der Waals surface area contributed by atoms with Gasteiger partial charge in [-0.15, -0.1) is 0 Å². The molecule has 0 spiro atoms. The quantitative estimate of drug-likeness (QED) is 0.853. The molecule has 3 heteroatoms. The lowest BCUT2D eigenvalue weighted by molar-refractivity contribution is 0.00438. The lowest BCUT2D eigenvalue weighted by atomic mass is 9.84. The van der Waals surface area contributed by atoms with E-state index in [1.807, 2.05) is 6.92 Å². The van der Waals surface area contributed by atoms with Gasteiger partial charge in [-0.3, -0.25) is 0 Å². The lowest BCUT2D eigenvalue weighted by Crippen LogP contribution is -2.34. The Bertz CT molecular complexity index is 456. The highest BCUT2D eigenvalue weighted by atomic mass is 19.2. The fourth-order valence-electron chi connectivity index (χ4n) is 3.33. The van der Waals surface area contributed by atoms with Crippen LogP contribution in [0.3, 0.4) is 0 Å². The molecule has 0 amide bonds. The van der Waals surface area contributed by atoms with Gasteiger partial charge < -0.3 is 5.11 Å². The molecule has 100 valence electrons. The highest BCUT2D eigenvalue weighted by molar-refractivity contribution is 5.21. The van der Waals surface area contributed by atoms with Crippen molar-refractivity contribution in [1.82, 2.24) is 0 Å². The van der Waals surface area contributed by atoms with Gasteiger partial charge in [-0.25, -0.2) is 8.78 Å². The predicted octanol–water partition coefficient (Wildman–Crippen LogP) is 3.69. The molecule has 0 aromatic heterocycles. The maximum Gasteiger partial charge on any atom is 0.159 e. The molecule has 0 aliphatic heterocycles. The van der Waals surface area contributed by atoms with Crippen molar-refractivity contribution in [2.45, 2.75) is 45.6 Å². The summed E-state index contributed by atoms with van der Waals surface area (Å²) >= 11 is 0. The van der Waals surface area contributed by atoms with Crippen LogP contribution in [0.2, 0.25) is 0 Å². The standard InChI is InChI=1S/C15H20F2O/c1-10-7-14(2,3)9-15(10,18)8-11-4-5-12(16)13(17)6-11/h4-6,10,18H,7-9H2,1-3H3. The second-order valence-corrected chi connectivity index (χ2v) is 6.47. The van der Waals surface area contributed by atoms with E-state index in [1.54, 1.807) is 6.07 Å². The third-order valence-corrected chi connectivity index (χ3v) is 4.06. The zero-order valence-corrected chi connectivity index (χ0v) is 11.1. The maximum atomic E-state index is 13.2. The van der Waals surface area contributed by atoms with Gasteiger partial charge in [0.25, 0.3) is 0 Å². The van der Waals surface area contributed by atoms with Gasteiger partial charge in [0, 0.05) is 6.42 Å². The summed E-state index contributed by atoms with van der Waals surface area (Å²) in [6.45, 7) is 6.29. The number of hydrogen-bond acceptors (Lipinski definition) is 1. The molecule has 18 heavy (non-hydrogen) atoms. The summed E-state index contributed by atoms with van der Waals surface area (Å²) in [6.07, 6.45) is 2.03. The molecule has 1 N–H and O–H groups in total. The summed E-state index contributed by atoms with van der Waals surface area (Å²) in [6, 6.07) is 3.86. The van der Waals surface area contributed by atoms with E-state index in [0.29, 0.717) is 18.4 Å². The molecule has 0 bridgehead atoms. The van der Waals surface area contributed by atoms with Crippen LogP contribution in [0.1, 0.15) is 39.2 Å². The smallest absolute Gasteiger partial charge is 0.159 e. The molecule has 1 nitrogen and oxygen atoms in total. The summed E-state index contributed by atoms with van der Waals surface area (Å²) in [5.74, 6) is -1.52. The van der Waals surface area contributed by atoms with Crippen molar-refractivity contribution < 1.29 is 13.9 Å². The molecule has 0 heterocycles. The van der Waals surface area contributed by atoms with Crippen LogP contribution in [0, 0.1) is 23.0 Å². The molecule has 1 aliphatic rings. The Morgan fingerprint density at radius 1 is 1.28 bits per heavy atom. The molecule has 0 saturated heterocycles. The number of benzene rings is 1. The van der Waals surface area contributed by atoms with Crippen LogP contribution < -0.4 is 0 Å². The van der Waals surface area contributed by atoms with Crippen LogP contribution in [0.25, 0.3) is 0 Å². The van der Waals surface area contributed by atoms with E-state index in [9.17, 15) is 13.9 Å². The van der Waals surface area contributed by atoms with E-state index < -0.39 is 17.2 Å². The fourth-order valence-corrected chi connectivity index (χ4v) is 3.33. The Kier molecular flexibility index (Phi) is 3.22. The van der Waals surface area contributed by atoms with Crippen molar-refractivity contribution in [2.24, 2.45) is 11.3 Å². The summed E-state index contributed by atoms with van der Waals surface area (Å²) < 4.78 is 26.0. The van der Waals surface area contributed by atoms with Crippen LogP contribution in [-0.4, -0.2) is 10.7 Å². The van der Waals surface area contributed by atoms with Crippen LogP contribution in [0.4, 0.5) is 8.78 Å². The minimum Gasteiger partial charge on any atom is -0.389 e. The third-order valence-electron chi connectivity index (χ3n) is 4.06. The van der Waals surface area contributed by atoms with Gasteiger partial charge >= 0.3 is 0 Å². The molecule has 1 fully saturated rings. The lowest BCUT2D eigenvalue weighted by Gasteiger charge is -2.28. The first-order chi connectivity index (χ1) is 8.22. The monoisotopic (exact) mass is 254 g/mol. The highest BCUT2D eigenvalue weighted by Gasteiger charge is 2.47. The van der Waals surface area contributed by atoms with Crippen molar-refractivity contribution in [1.29, 1.82) is 0 Å². The van der Waals surface area contributed by atoms with Crippen LogP contribution in [0.15, 0.2) is 18.2 Å². The van der Waals surface area contributed by atoms with Crippen molar-refractivity contribution in [3.8, 4) is 0 Å². The molecule has 0 radical (unpaired) electrons. The van der Waals surface area contributed by atoms with E-state index in [1.165, 1.54) is 6.07 Å². The van der Waals surface area contributed by atoms with Gasteiger partial charge in [-0.2, -0.15) is 0 Å². The molecular weight excluding hydrogens is 234 g/mol. The Hall–Kier alpha value is -0.960. The van der Waals surface area contributed by atoms with Gasteiger partial charge in [0.1, 0.15) is 0 Å². The van der Waals surface area contributed by atoms with E-state index >= 15 is 0 Å². The van der Waals surface area contributed by atoms with Gasteiger partial charge in [0.15, 0.2) is 11.6 Å². The average Bonchev–Trinajstić information content (AvgIpc) is 2.41. The molecule has 2 atom stereocenters. The van der Waals surface area contributed by atoms with Crippen LogP contribution >= 0.6 is 0 Å². The first-order valence-corrected chi connectivity index (χ1v) is 6.38. The third kappa shape index (κ3) is 2.56. The van der Waals surface area contributed by atoms with Gasteiger partial charge in [-0.05, 0) is 41.9 Å².